The molecule has 9 atom stereocenters. The normalized spacial score (nSPS) is 40.5. The molecule has 5 heteroatoms. The van der Waals surface area contributed by atoms with Crippen LogP contribution in [-0.2, 0) is 0 Å². The molecule has 6 rings (SSSR count). The van der Waals surface area contributed by atoms with Crippen LogP contribution in [0.5, 0.6) is 0 Å². The molecule has 4 fully saturated rings. The van der Waals surface area contributed by atoms with Gasteiger partial charge in [0.05, 0.1) is 12.2 Å². The van der Waals surface area contributed by atoms with Gasteiger partial charge in [-0.1, -0.05) is 65.0 Å². The van der Waals surface area contributed by atoms with Crippen LogP contribution >= 0.6 is 0 Å². The maximum Gasteiger partial charge on any atom is 0.335 e. The Morgan fingerprint density at radius 3 is 2.32 bits per heavy atom. The molecule has 1 aromatic carbocycles. The molecule has 0 spiro atoms. The number of carbonyl (C=O) groups is 1. The lowest BCUT2D eigenvalue weighted by molar-refractivity contribution is -0.225. The molecule has 0 amide bonds. The van der Waals surface area contributed by atoms with Gasteiger partial charge in [-0.25, -0.2) is 4.79 Å². The zero-order valence-corrected chi connectivity index (χ0v) is 30.6. The minimum atomic E-state index is -0.859. The van der Waals surface area contributed by atoms with Gasteiger partial charge in [-0.3, -0.25) is 0 Å². The molecule has 5 aliphatic carbocycles. The number of carboxylic acids is 1. The summed E-state index contributed by atoms with van der Waals surface area (Å²) in [4.78, 5) is 13.8. The van der Waals surface area contributed by atoms with E-state index in [1.807, 2.05) is 12.1 Å². The highest BCUT2D eigenvalue weighted by Crippen LogP contribution is 2.77. The van der Waals surface area contributed by atoms with E-state index in [-0.39, 0.29) is 17.4 Å². The minimum Gasteiger partial charge on any atom is -0.478 e. The Morgan fingerprint density at radius 1 is 0.936 bits per heavy atom. The number of likely N-dealkylation sites (N-methyl/N-ethyl adjacent to an activating group) is 1. The Morgan fingerprint density at radius 2 is 1.66 bits per heavy atom. The number of aliphatic hydroxyl groups is 1. The van der Waals surface area contributed by atoms with Gasteiger partial charge < -0.3 is 20.4 Å². The first-order chi connectivity index (χ1) is 22.1. The van der Waals surface area contributed by atoms with Crippen molar-refractivity contribution in [1.29, 1.82) is 0 Å². The van der Waals surface area contributed by atoms with Gasteiger partial charge in [-0.05, 0) is 152 Å². The SMILES string of the molecule is C=C(C)[C@@H]1CC[C@]2(CNCCN(C)CCO)CC[C@]3(C)[C@H](CCC4[C@]5(C)CC=C(c6ccc(C(=O)O)cc6)C(C)(C)[C@@H]5CC[C@]43C)[C@@H]12. The molecule has 0 aromatic heterocycles. The lowest BCUT2D eigenvalue weighted by atomic mass is 9.32. The molecule has 5 aliphatic rings. The molecule has 260 valence electrons. The van der Waals surface area contributed by atoms with E-state index in [0.717, 1.165) is 38.5 Å². The Hall–Kier alpha value is -1.95. The fourth-order valence-electron chi connectivity index (χ4n) is 13.4. The van der Waals surface area contributed by atoms with Crippen LogP contribution in [0.4, 0.5) is 0 Å². The van der Waals surface area contributed by atoms with Crippen LogP contribution in [0.15, 0.2) is 42.5 Å². The molecule has 5 nitrogen and oxygen atoms in total. The second kappa shape index (κ2) is 12.4. The standard InChI is InChI=1S/C42H64N2O3/c1-28(2)31-15-20-42(27-43-23-24-44(8)25-26-45)22-21-40(6)33(36(31)42)13-14-35-39(5)18-16-32(29-9-11-30(12-10-29)37(46)47)38(3,4)34(39)17-19-41(35,40)7/h9-12,16,31,33-36,43,45H,1,13-15,17-27H2,2-8H3,(H,46,47)/t31-,33+,34-,35?,36+,39+,40+,41+,42+/m0/s1. The van der Waals surface area contributed by atoms with Crippen LogP contribution in [0.25, 0.3) is 5.57 Å². The van der Waals surface area contributed by atoms with Crippen LogP contribution in [0.3, 0.4) is 0 Å². The van der Waals surface area contributed by atoms with Crippen molar-refractivity contribution in [2.75, 3.05) is 39.8 Å². The predicted molar refractivity (Wildman–Crippen MR) is 193 cm³/mol. The summed E-state index contributed by atoms with van der Waals surface area (Å²) in [5.41, 5.74) is 5.69. The first-order valence-electron chi connectivity index (χ1n) is 18.8. The molecular weight excluding hydrogens is 580 g/mol. The van der Waals surface area contributed by atoms with Gasteiger partial charge in [-0.2, -0.15) is 0 Å². The van der Waals surface area contributed by atoms with Crippen LogP contribution in [0.2, 0.25) is 0 Å². The summed E-state index contributed by atoms with van der Waals surface area (Å²) in [6.07, 6.45) is 14.2. The molecule has 1 unspecified atom stereocenters. The van der Waals surface area contributed by atoms with Crippen molar-refractivity contribution in [2.45, 2.75) is 99.3 Å². The van der Waals surface area contributed by atoms with Crippen molar-refractivity contribution in [3.05, 3.63) is 53.6 Å². The number of aliphatic hydroxyl groups excluding tert-OH is 1. The third-order valence-corrected chi connectivity index (χ3v) is 15.9. The van der Waals surface area contributed by atoms with Crippen LogP contribution in [0, 0.1) is 56.7 Å². The summed E-state index contributed by atoms with van der Waals surface area (Å²) in [5.74, 6) is 2.56. The molecule has 0 aliphatic heterocycles. The van der Waals surface area contributed by atoms with Gasteiger partial charge in [0.1, 0.15) is 0 Å². The Bertz CT molecular complexity index is 1380. The van der Waals surface area contributed by atoms with Gasteiger partial charge in [-0.15, -0.1) is 0 Å². The summed E-state index contributed by atoms with van der Waals surface area (Å²) in [5, 5.41) is 22.7. The third kappa shape index (κ3) is 5.40. The summed E-state index contributed by atoms with van der Waals surface area (Å²) in [6.45, 7) is 24.0. The number of nitrogens with zero attached hydrogens (tertiary/aromatic N) is 1. The van der Waals surface area contributed by atoms with Gasteiger partial charge in [0.2, 0.25) is 0 Å². The van der Waals surface area contributed by atoms with Crippen LogP contribution < -0.4 is 5.32 Å². The van der Waals surface area contributed by atoms with E-state index >= 15 is 0 Å². The number of nitrogens with one attached hydrogen (secondary N) is 1. The minimum absolute atomic E-state index is 0.0337. The van der Waals surface area contributed by atoms with Crippen molar-refractivity contribution >= 4 is 11.5 Å². The van der Waals surface area contributed by atoms with E-state index < -0.39 is 5.97 Å². The van der Waals surface area contributed by atoms with Gasteiger partial charge >= 0.3 is 5.97 Å². The second-order valence-electron chi connectivity index (χ2n) is 18.2. The lowest BCUT2D eigenvalue weighted by Gasteiger charge is -2.72. The molecule has 0 radical (unpaired) electrons. The van der Waals surface area contributed by atoms with Gasteiger partial charge in [0.25, 0.3) is 0 Å². The molecule has 1 aromatic rings. The number of rotatable bonds is 10. The quantitative estimate of drug-likeness (QED) is 0.176. The van der Waals surface area contributed by atoms with Crippen molar-refractivity contribution in [3.8, 4) is 0 Å². The van der Waals surface area contributed by atoms with E-state index in [9.17, 15) is 15.0 Å². The van der Waals surface area contributed by atoms with E-state index in [1.54, 1.807) is 12.1 Å². The summed E-state index contributed by atoms with van der Waals surface area (Å²) >= 11 is 0. The third-order valence-electron chi connectivity index (χ3n) is 15.9. The fourth-order valence-corrected chi connectivity index (χ4v) is 13.4. The summed E-state index contributed by atoms with van der Waals surface area (Å²) in [7, 11) is 2.11. The van der Waals surface area contributed by atoms with Crippen molar-refractivity contribution < 1.29 is 15.0 Å². The van der Waals surface area contributed by atoms with E-state index in [0.29, 0.717) is 45.5 Å². The molecular formula is C42H64N2O3. The molecule has 0 saturated heterocycles. The van der Waals surface area contributed by atoms with E-state index in [4.69, 9.17) is 0 Å². The van der Waals surface area contributed by atoms with Crippen LogP contribution in [0.1, 0.15) is 115 Å². The molecule has 47 heavy (non-hydrogen) atoms. The molecule has 3 N–H and O–H groups in total. The summed E-state index contributed by atoms with van der Waals surface area (Å²) in [6, 6.07) is 7.63. The highest BCUT2D eigenvalue weighted by atomic mass is 16.4. The average molecular weight is 645 g/mol. The largest absolute Gasteiger partial charge is 0.478 e. The first-order valence-corrected chi connectivity index (χ1v) is 18.8. The number of aromatic carboxylic acids is 1. The Kier molecular flexibility index (Phi) is 9.23. The average Bonchev–Trinajstić information content (AvgIpc) is 3.40. The number of hydrogen-bond acceptors (Lipinski definition) is 4. The summed E-state index contributed by atoms with van der Waals surface area (Å²) < 4.78 is 0. The Balaban J connectivity index is 1.28. The highest BCUT2D eigenvalue weighted by Gasteiger charge is 2.70. The Labute approximate surface area is 285 Å². The number of allylic oxidation sites excluding steroid dienone is 3. The number of fused-ring (bicyclic) bond motifs is 7. The predicted octanol–water partition coefficient (Wildman–Crippen LogP) is 8.55. The van der Waals surface area contributed by atoms with Crippen molar-refractivity contribution in [3.63, 3.8) is 0 Å². The maximum absolute atomic E-state index is 11.5. The molecule has 0 bridgehead atoms. The number of benzene rings is 1. The van der Waals surface area contributed by atoms with Gasteiger partial charge in [0.15, 0.2) is 0 Å². The van der Waals surface area contributed by atoms with Crippen molar-refractivity contribution in [1.82, 2.24) is 10.2 Å². The first kappa shape index (κ1) is 34.9. The zero-order valence-electron chi connectivity index (χ0n) is 30.6. The fraction of sp³-hybridized carbons (Fsp3) is 0.738. The lowest BCUT2D eigenvalue weighted by Crippen LogP contribution is -2.65. The van der Waals surface area contributed by atoms with Gasteiger partial charge in [0, 0.05) is 26.2 Å². The molecule has 4 saturated carbocycles. The molecule has 0 heterocycles. The number of hydrogen-bond donors (Lipinski definition) is 3. The highest BCUT2D eigenvalue weighted by molar-refractivity contribution is 5.88. The monoisotopic (exact) mass is 644 g/mol. The maximum atomic E-state index is 11.5. The van der Waals surface area contributed by atoms with E-state index in [1.165, 1.54) is 68.1 Å². The zero-order chi connectivity index (χ0) is 34.0. The van der Waals surface area contributed by atoms with Crippen molar-refractivity contribution in [2.24, 2.45) is 56.7 Å². The van der Waals surface area contributed by atoms with E-state index in [2.05, 4.69) is 71.5 Å². The smallest absolute Gasteiger partial charge is 0.335 e. The second-order valence-corrected chi connectivity index (χ2v) is 18.2. The topological polar surface area (TPSA) is 72.8 Å². The van der Waals surface area contributed by atoms with Crippen LogP contribution in [-0.4, -0.2) is 60.9 Å². The number of carboxylic acid groups (broad SMARTS) is 1.